The first-order chi connectivity index (χ1) is 13.7. The highest BCUT2D eigenvalue weighted by atomic mass is 15.2. The SMILES string of the molecule is Nc1cccc(-c2cc(NC3CCN(Cc4ccccc4)CC3)nc(N)n2)c1. The van der Waals surface area contributed by atoms with Crippen molar-refractivity contribution in [2.24, 2.45) is 0 Å². The number of nitrogen functional groups attached to an aromatic ring is 2. The summed E-state index contributed by atoms with van der Waals surface area (Å²) in [6, 6.07) is 20.6. The van der Waals surface area contributed by atoms with E-state index in [0.717, 1.165) is 49.6 Å². The first kappa shape index (κ1) is 18.3. The normalized spacial score (nSPS) is 15.4. The molecule has 2 aromatic carbocycles. The summed E-state index contributed by atoms with van der Waals surface area (Å²) in [5, 5.41) is 3.54. The lowest BCUT2D eigenvalue weighted by atomic mass is 10.0. The zero-order valence-electron chi connectivity index (χ0n) is 15.9. The molecular formula is C22H26N6. The van der Waals surface area contributed by atoms with Gasteiger partial charge < -0.3 is 16.8 Å². The van der Waals surface area contributed by atoms with Crippen molar-refractivity contribution in [3.05, 3.63) is 66.2 Å². The first-order valence-electron chi connectivity index (χ1n) is 9.69. The number of hydrogen-bond donors (Lipinski definition) is 3. The molecule has 2 heterocycles. The number of nitrogens with one attached hydrogen (secondary N) is 1. The van der Waals surface area contributed by atoms with E-state index in [2.05, 4.69) is 50.5 Å². The largest absolute Gasteiger partial charge is 0.399 e. The van der Waals surface area contributed by atoms with Crippen molar-refractivity contribution in [3.63, 3.8) is 0 Å². The quantitative estimate of drug-likeness (QED) is 0.593. The summed E-state index contributed by atoms with van der Waals surface area (Å²) in [7, 11) is 0. The number of likely N-dealkylation sites (tertiary alicyclic amines) is 1. The van der Waals surface area contributed by atoms with Crippen LogP contribution in [0.25, 0.3) is 11.3 Å². The van der Waals surface area contributed by atoms with Crippen LogP contribution < -0.4 is 16.8 Å². The lowest BCUT2D eigenvalue weighted by molar-refractivity contribution is 0.211. The van der Waals surface area contributed by atoms with Crippen LogP contribution in [-0.2, 0) is 6.54 Å². The van der Waals surface area contributed by atoms with Gasteiger partial charge in [0, 0.05) is 43.0 Å². The van der Waals surface area contributed by atoms with Crippen LogP contribution in [0.5, 0.6) is 0 Å². The van der Waals surface area contributed by atoms with E-state index in [1.165, 1.54) is 5.56 Å². The summed E-state index contributed by atoms with van der Waals surface area (Å²) in [4.78, 5) is 11.2. The van der Waals surface area contributed by atoms with Crippen LogP contribution in [-0.4, -0.2) is 34.0 Å². The van der Waals surface area contributed by atoms with Gasteiger partial charge in [-0.05, 0) is 30.5 Å². The highest BCUT2D eigenvalue weighted by Crippen LogP contribution is 2.24. The molecule has 0 saturated carbocycles. The predicted octanol–water partition coefficient (Wildman–Crippen LogP) is 3.38. The zero-order valence-corrected chi connectivity index (χ0v) is 15.9. The molecule has 0 aliphatic carbocycles. The number of piperidine rings is 1. The van der Waals surface area contributed by atoms with Gasteiger partial charge in [0.1, 0.15) is 5.82 Å². The minimum atomic E-state index is 0.268. The van der Waals surface area contributed by atoms with E-state index in [9.17, 15) is 0 Å². The van der Waals surface area contributed by atoms with Crippen molar-refractivity contribution in [1.82, 2.24) is 14.9 Å². The van der Waals surface area contributed by atoms with Crippen molar-refractivity contribution in [2.75, 3.05) is 29.9 Å². The molecule has 6 nitrogen and oxygen atoms in total. The summed E-state index contributed by atoms with van der Waals surface area (Å²) in [6.45, 7) is 3.14. The Labute approximate surface area is 165 Å². The van der Waals surface area contributed by atoms with Crippen LogP contribution >= 0.6 is 0 Å². The number of benzene rings is 2. The van der Waals surface area contributed by atoms with Gasteiger partial charge in [-0.2, -0.15) is 4.98 Å². The molecular weight excluding hydrogens is 348 g/mol. The molecule has 1 saturated heterocycles. The Morgan fingerprint density at radius 2 is 1.71 bits per heavy atom. The van der Waals surface area contributed by atoms with Crippen LogP contribution in [0.15, 0.2) is 60.7 Å². The Balaban J connectivity index is 1.39. The Kier molecular flexibility index (Phi) is 5.39. The van der Waals surface area contributed by atoms with E-state index in [1.54, 1.807) is 0 Å². The Morgan fingerprint density at radius 3 is 2.46 bits per heavy atom. The molecule has 144 valence electrons. The third-order valence-electron chi connectivity index (χ3n) is 5.11. The third-order valence-corrected chi connectivity index (χ3v) is 5.11. The zero-order chi connectivity index (χ0) is 19.3. The van der Waals surface area contributed by atoms with Crippen LogP contribution in [0, 0.1) is 0 Å². The highest BCUT2D eigenvalue weighted by molar-refractivity contribution is 5.67. The van der Waals surface area contributed by atoms with Gasteiger partial charge in [0.15, 0.2) is 0 Å². The highest BCUT2D eigenvalue weighted by Gasteiger charge is 2.20. The average Bonchev–Trinajstić information content (AvgIpc) is 2.70. The van der Waals surface area contributed by atoms with Gasteiger partial charge >= 0.3 is 0 Å². The van der Waals surface area contributed by atoms with Gasteiger partial charge in [-0.1, -0.05) is 42.5 Å². The fourth-order valence-corrected chi connectivity index (χ4v) is 3.67. The molecule has 6 heteroatoms. The van der Waals surface area contributed by atoms with Crippen molar-refractivity contribution >= 4 is 17.5 Å². The molecule has 0 radical (unpaired) electrons. The number of hydrogen-bond acceptors (Lipinski definition) is 6. The number of aromatic nitrogens is 2. The van der Waals surface area contributed by atoms with E-state index in [1.807, 2.05) is 30.3 Å². The van der Waals surface area contributed by atoms with E-state index in [4.69, 9.17) is 11.5 Å². The maximum Gasteiger partial charge on any atom is 0.222 e. The lowest BCUT2D eigenvalue weighted by Gasteiger charge is -2.32. The van der Waals surface area contributed by atoms with Gasteiger partial charge in [-0.15, -0.1) is 0 Å². The molecule has 0 spiro atoms. The lowest BCUT2D eigenvalue weighted by Crippen LogP contribution is -2.38. The van der Waals surface area contributed by atoms with Gasteiger partial charge in [-0.3, -0.25) is 4.90 Å². The standard InChI is InChI=1S/C22H26N6/c23-18-8-4-7-17(13-18)20-14-21(27-22(24)26-20)25-19-9-11-28(12-10-19)15-16-5-2-1-3-6-16/h1-8,13-14,19H,9-12,15,23H2,(H3,24,25,26,27). The summed E-state index contributed by atoms with van der Waals surface area (Å²) in [5.74, 6) is 1.04. The fraction of sp³-hybridized carbons (Fsp3) is 0.273. The minimum absolute atomic E-state index is 0.268. The number of rotatable bonds is 5. The van der Waals surface area contributed by atoms with Gasteiger partial charge in [-0.25, -0.2) is 4.98 Å². The molecule has 1 aliphatic rings. The van der Waals surface area contributed by atoms with Gasteiger partial charge in [0.05, 0.1) is 5.69 Å². The molecule has 5 N–H and O–H groups in total. The topological polar surface area (TPSA) is 93.1 Å². The van der Waals surface area contributed by atoms with Gasteiger partial charge in [0.2, 0.25) is 5.95 Å². The van der Waals surface area contributed by atoms with Crippen LogP contribution in [0.3, 0.4) is 0 Å². The van der Waals surface area contributed by atoms with Crippen molar-refractivity contribution in [1.29, 1.82) is 0 Å². The molecule has 28 heavy (non-hydrogen) atoms. The molecule has 3 aromatic rings. The van der Waals surface area contributed by atoms with E-state index in [0.29, 0.717) is 11.7 Å². The Bertz CT molecular complexity index is 919. The third kappa shape index (κ3) is 4.58. The number of anilines is 3. The van der Waals surface area contributed by atoms with Crippen molar-refractivity contribution in [3.8, 4) is 11.3 Å². The molecule has 0 unspecified atom stereocenters. The maximum absolute atomic E-state index is 5.95. The maximum atomic E-state index is 5.95. The van der Waals surface area contributed by atoms with Crippen LogP contribution in [0.2, 0.25) is 0 Å². The fourth-order valence-electron chi connectivity index (χ4n) is 3.67. The molecule has 0 bridgehead atoms. The first-order valence-corrected chi connectivity index (χ1v) is 9.69. The number of nitrogens with two attached hydrogens (primary N) is 2. The summed E-state index contributed by atoms with van der Waals surface area (Å²) in [5.41, 5.74) is 15.6. The second-order valence-corrected chi connectivity index (χ2v) is 7.30. The second-order valence-electron chi connectivity index (χ2n) is 7.30. The van der Waals surface area contributed by atoms with E-state index < -0.39 is 0 Å². The molecule has 4 rings (SSSR count). The summed E-state index contributed by atoms with van der Waals surface area (Å²) in [6.07, 6.45) is 2.15. The monoisotopic (exact) mass is 374 g/mol. The van der Waals surface area contributed by atoms with E-state index in [-0.39, 0.29) is 5.95 Å². The van der Waals surface area contributed by atoms with Crippen LogP contribution in [0.4, 0.5) is 17.5 Å². The molecule has 1 fully saturated rings. The minimum Gasteiger partial charge on any atom is -0.399 e. The Hall–Kier alpha value is -3.12. The second kappa shape index (κ2) is 8.27. The van der Waals surface area contributed by atoms with Crippen molar-refractivity contribution < 1.29 is 0 Å². The Morgan fingerprint density at radius 1 is 0.929 bits per heavy atom. The van der Waals surface area contributed by atoms with E-state index >= 15 is 0 Å². The number of nitrogens with zero attached hydrogens (tertiary/aromatic N) is 3. The molecule has 1 aromatic heterocycles. The average molecular weight is 374 g/mol. The van der Waals surface area contributed by atoms with Crippen molar-refractivity contribution in [2.45, 2.75) is 25.4 Å². The predicted molar refractivity (Wildman–Crippen MR) is 115 cm³/mol. The van der Waals surface area contributed by atoms with Gasteiger partial charge in [0.25, 0.3) is 0 Å². The summed E-state index contributed by atoms with van der Waals surface area (Å²) < 4.78 is 0. The van der Waals surface area contributed by atoms with Crippen LogP contribution in [0.1, 0.15) is 18.4 Å². The molecule has 0 amide bonds. The summed E-state index contributed by atoms with van der Waals surface area (Å²) >= 11 is 0. The molecule has 0 atom stereocenters. The molecule has 1 aliphatic heterocycles. The smallest absolute Gasteiger partial charge is 0.222 e.